The van der Waals surface area contributed by atoms with Gasteiger partial charge in [-0.05, 0) is 23.8 Å². The summed E-state index contributed by atoms with van der Waals surface area (Å²) in [6.45, 7) is 0.922. The van der Waals surface area contributed by atoms with E-state index in [1.165, 1.54) is 47.0 Å². The molecule has 0 N–H and O–H groups in total. The van der Waals surface area contributed by atoms with Crippen LogP contribution < -0.4 is 0 Å². The van der Waals surface area contributed by atoms with Crippen LogP contribution in [0.2, 0.25) is 0 Å². The average Bonchev–Trinajstić information content (AvgIpc) is 3.08. The van der Waals surface area contributed by atoms with Crippen LogP contribution in [0.3, 0.4) is 0 Å². The van der Waals surface area contributed by atoms with Gasteiger partial charge < -0.3 is 0 Å². The fraction of sp³-hybridized carbons (Fsp3) is 0.176. The monoisotopic (exact) mass is 359 g/mol. The van der Waals surface area contributed by atoms with E-state index in [1.54, 1.807) is 18.2 Å². The van der Waals surface area contributed by atoms with Gasteiger partial charge in [0.2, 0.25) is 0 Å². The molecular formula is C17H14FN3O3S. The van der Waals surface area contributed by atoms with Crippen LogP contribution in [-0.4, -0.2) is 34.0 Å². The molecule has 3 rings (SSSR count). The van der Waals surface area contributed by atoms with E-state index >= 15 is 0 Å². The molecule has 0 bridgehead atoms. The Hall–Kier alpha value is -2.74. The quantitative estimate of drug-likeness (QED) is 0.619. The third-order valence-electron chi connectivity index (χ3n) is 3.61. The zero-order chi connectivity index (χ0) is 17.8. The smallest absolute Gasteiger partial charge is 0.269 e. The fourth-order valence-electron chi connectivity index (χ4n) is 2.42. The second-order valence-corrected chi connectivity index (χ2v) is 6.29. The minimum atomic E-state index is -0.465. The van der Waals surface area contributed by atoms with E-state index in [9.17, 15) is 19.3 Å². The molecule has 8 heteroatoms. The van der Waals surface area contributed by atoms with Crippen molar-refractivity contribution in [3.05, 3.63) is 75.6 Å². The Morgan fingerprint density at radius 3 is 2.84 bits per heavy atom. The number of nitro benzene ring substituents is 1. The lowest BCUT2D eigenvalue weighted by molar-refractivity contribution is -0.384. The number of hydrogen-bond donors (Lipinski definition) is 0. The van der Waals surface area contributed by atoms with E-state index in [-0.39, 0.29) is 17.2 Å². The lowest BCUT2D eigenvalue weighted by Gasteiger charge is -2.18. The van der Waals surface area contributed by atoms with Gasteiger partial charge >= 0.3 is 0 Å². The van der Waals surface area contributed by atoms with Crippen LogP contribution in [-0.2, 0) is 5.75 Å². The van der Waals surface area contributed by atoms with Crippen molar-refractivity contribution in [2.24, 2.45) is 4.99 Å². The summed E-state index contributed by atoms with van der Waals surface area (Å²) >= 11 is 1.33. The highest BCUT2D eigenvalue weighted by Gasteiger charge is 2.25. The number of halogens is 1. The molecule has 6 nitrogen and oxygen atoms in total. The Balaban J connectivity index is 1.69. The number of thioether (sulfide) groups is 1. The first-order valence-electron chi connectivity index (χ1n) is 7.52. The first-order chi connectivity index (χ1) is 12.0. The fourth-order valence-corrected chi connectivity index (χ4v) is 3.41. The predicted octanol–water partition coefficient (Wildman–Crippen LogP) is 3.48. The van der Waals surface area contributed by atoms with E-state index in [0.717, 1.165) is 5.56 Å². The molecule has 0 aliphatic carbocycles. The highest BCUT2D eigenvalue weighted by atomic mass is 32.2. The number of hydrogen-bond acceptors (Lipinski definition) is 5. The van der Waals surface area contributed by atoms with Gasteiger partial charge in [0.05, 0.1) is 11.5 Å². The minimum Gasteiger partial charge on any atom is -0.286 e. The van der Waals surface area contributed by atoms with E-state index in [4.69, 9.17) is 0 Å². The van der Waals surface area contributed by atoms with Crippen molar-refractivity contribution in [3.63, 3.8) is 0 Å². The van der Waals surface area contributed by atoms with Crippen molar-refractivity contribution in [2.45, 2.75) is 5.75 Å². The standard InChI is InChI=1S/C17H14FN3O3S/c18-14-5-2-4-13(10-14)16(22)20-8-7-19-17(20)25-11-12-3-1-6-15(9-12)21(23)24/h1-6,9-10H,7-8,11H2. The number of amides is 1. The molecule has 0 radical (unpaired) electrons. The molecule has 0 unspecified atom stereocenters. The van der Waals surface area contributed by atoms with Gasteiger partial charge in [-0.25, -0.2) is 4.39 Å². The maximum Gasteiger partial charge on any atom is 0.269 e. The highest BCUT2D eigenvalue weighted by Crippen LogP contribution is 2.23. The summed E-state index contributed by atoms with van der Waals surface area (Å²) in [5, 5.41) is 11.4. The number of benzene rings is 2. The Morgan fingerprint density at radius 1 is 1.28 bits per heavy atom. The Bertz CT molecular complexity index is 857. The summed E-state index contributed by atoms with van der Waals surface area (Å²) in [6.07, 6.45) is 0. The summed E-state index contributed by atoms with van der Waals surface area (Å²) in [5.41, 5.74) is 1.07. The van der Waals surface area contributed by atoms with Crippen molar-refractivity contribution in [1.29, 1.82) is 0 Å². The molecule has 2 aromatic rings. The van der Waals surface area contributed by atoms with Crippen molar-refractivity contribution in [2.75, 3.05) is 13.1 Å². The van der Waals surface area contributed by atoms with Gasteiger partial charge in [-0.1, -0.05) is 30.0 Å². The molecule has 128 valence electrons. The van der Waals surface area contributed by atoms with Crippen molar-refractivity contribution >= 4 is 28.5 Å². The van der Waals surface area contributed by atoms with E-state index in [0.29, 0.717) is 24.0 Å². The zero-order valence-electron chi connectivity index (χ0n) is 13.1. The maximum atomic E-state index is 13.3. The molecule has 1 aliphatic rings. The van der Waals surface area contributed by atoms with E-state index < -0.39 is 10.7 Å². The van der Waals surface area contributed by atoms with Crippen LogP contribution >= 0.6 is 11.8 Å². The van der Waals surface area contributed by atoms with Crippen LogP contribution in [0.1, 0.15) is 15.9 Å². The molecule has 1 amide bonds. The average molecular weight is 359 g/mol. The van der Waals surface area contributed by atoms with E-state index in [1.807, 2.05) is 0 Å². The maximum absolute atomic E-state index is 13.3. The number of carbonyl (C=O) groups excluding carboxylic acids is 1. The second-order valence-electron chi connectivity index (χ2n) is 5.35. The van der Waals surface area contributed by atoms with Crippen molar-refractivity contribution < 1.29 is 14.1 Å². The van der Waals surface area contributed by atoms with Gasteiger partial charge in [0, 0.05) is 30.0 Å². The number of amidine groups is 1. The van der Waals surface area contributed by atoms with Crippen LogP contribution in [0, 0.1) is 15.9 Å². The van der Waals surface area contributed by atoms with Crippen LogP contribution in [0.4, 0.5) is 10.1 Å². The Kier molecular flexibility index (Phi) is 5.08. The molecule has 1 heterocycles. The van der Waals surface area contributed by atoms with Gasteiger partial charge in [-0.3, -0.25) is 24.8 Å². The van der Waals surface area contributed by atoms with Gasteiger partial charge in [-0.2, -0.15) is 0 Å². The normalized spacial score (nSPS) is 13.6. The van der Waals surface area contributed by atoms with Gasteiger partial charge in [0.1, 0.15) is 5.82 Å². The molecule has 0 aromatic heterocycles. The van der Waals surface area contributed by atoms with Gasteiger partial charge in [-0.15, -0.1) is 0 Å². The topological polar surface area (TPSA) is 75.8 Å². The molecule has 0 fully saturated rings. The minimum absolute atomic E-state index is 0.0270. The van der Waals surface area contributed by atoms with Gasteiger partial charge in [0.15, 0.2) is 5.17 Å². The summed E-state index contributed by atoms with van der Waals surface area (Å²) in [6, 6.07) is 11.9. The number of nitro groups is 1. The number of aliphatic imine (C=N–C) groups is 1. The lowest BCUT2D eigenvalue weighted by Crippen LogP contribution is -2.32. The van der Waals surface area contributed by atoms with E-state index in [2.05, 4.69) is 4.99 Å². The van der Waals surface area contributed by atoms with Crippen molar-refractivity contribution in [1.82, 2.24) is 4.90 Å². The summed E-state index contributed by atoms with van der Waals surface area (Å²) < 4.78 is 13.3. The molecule has 0 saturated heterocycles. The summed E-state index contributed by atoms with van der Waals surface area (Å²) in [4.78, 5) is 28.8. The molecular weight excluding hydrogens is 345 g/mol. The summed E-state index contributed by atoms with van der Waals surface area (Å²) in [7, 11) is 0. The number of non-ortho nitro benzene ring substituents is 1. The predicted molar refractivity (Wildman–Crippen MR) is 94.1 cm³/mol. The number of carbonyl (C=O) groups is 1. The van der Waals surface area contributed by atoms with Crippen LogP contribution in [0.5, 0.6) is 0 Å². The highest BCUT2D eigenvalue weighted by molar-refractivity contribution is 8.13. The first kappa shape index (κ1) is 17.1. The third kappa shape index (κ3) is 4.03. The lowest BCUT2D eigenvalue weighted by atomic mass is 10.2. The molecule has 25 heavy (non-hydrogen) atoms. The molecule has 0 atom stereocenters. The number of rotatable bonds is 4. The SMILES string of the molecule is O=C(c1cccc(F)c1)N1CCN=C1SCc1cccc([N+](=O)[O-])c1. The second kappa shape index (κ2) is 7.43. The molecule has 1 aliphatic heterocycles. The largest absolute Gasteiger partial charge is 0.286 e. The third-order valence-corrected chi connectivity index (χ3v) is 4.69. The van der Waals surface area contributed by atoms with Crippen LogP contribution in [0.25, 0.3) is 0 Å². The Labute approximate surface area is 147 Å². The first-order valence-corrected chi connectivity index (χ1v) is 8.51. The molecule has 0 spiro atoms. The molecule has 2 aromatic carbocycles. The Morgan fingerprint density at radius 2 is 2.08 bits per heavy atom. The molecule has 0 saturated carbocycles. The van der Waals surface area contributed by atoms with Crippen molar-refractivity contribution in [3.8, 4) is 0 Å². The number of nitrogens with zero attached hydrogens (tertiary/aromatic N) is 3. The van der Waals surface area contributed by atoms with Crippen LogP contribution in [0.15, 0.2) is 53.5 Å². The zero-order valence-corrected chi connectivity index (χ0v) is 13.9. The van der Waals surface area contributed by atoms with Gasteiger partial charge in [0.25, 0.3) is 11.6 Å². The summed E-state index contributed by atoms with van der Waals surface area (Å²) in [5.74, 6) is -0.317.